The molecule has 6 nitrogen and oxygen atoms in total. The molecular weight excluding hydrogens is 318 g/mol. The Balaban J connectivity index is 1.56. The van der Waals surface area contributed by atoms with E-state index in [0.29, 0.717) is 12.2 Å². The molecule has 0 saturated carbocycles. The van der Waals surface area contributed by atoms with E-state index in [0.717, 1.165) is 42.1 Å². The maximum absolute atomic E-state index is 12.3. The van der Waals surface area contributed by atoms with Crippen LogP contribution in [0.25, 0.3) is 0 Å². The average molecular weight is 341 g/mol. The molecule has 0 radical (unpaired) electrons. The first-order chi connectivity index (χ1) is 12.2. The third kappa shape index (κ3) is 4.21. The van der Waals surface area contributed by atoms with Gasteiger partial charge in [0.1, 0.15) is 5.69 Å². The monoisotopic (exact) mass is 341 g/mol. The maximum Gasteiger partial charge on any atom is 0.272 e. The number of hydrogen-bond acceptors (Lipinski definition) is 5. The lowest BCUT2D eigenvalue weighted by Gasteiger charge is -2.16. The maximum atomic E-state index is 12.3. The molecule has 1 aliphatic rings. The van der Waals surface area contributed by atoms with Crippen LogP contribution in [0.5, 0.6) is 11.5 Å². The molecule has 3 rings (SSSR count). The van der Waals surface area contributed by atoms with Gasteiger partial charge in [0.2, 0.25) is 6.79 Å². The summed E-state index contributed by atoms with van der Waals surface area (Å²) < 4.78 is 10.7. The van der Waals surface area contributed by atoms with E-state index in [2.05, 4.69) is 17.2 Å². The van der Waals surface area contributed by atoms with E-state index in [1.165, 1.54) is 0 Å². The first-order valence-electron chi connectivity index (χ1n) is 8.51. The van der Waals surface area contributed by atoms with Crippen molar-refractivity contribution in [2.75, 3.05) is 25.7 Å². The van der Waals surface area contributed by atoms with E-state index in [-0.39, 0.29) is 12.7 Å². The molecule has 0 bridgehead atoms. The van der Waals surface area contributed by atoms with Gasteiger partial charge < -0.3 is 19.7 Å². The van der Waals surface area contributed by atoms with Crippen LogP contribution in [-0.2, 0) is 6.54 Å². The van der Waals surface area contributed by atoms with Crippen molar-refractivity contribution in [3.63, 3.8) is 0 Å². The van der Waals surface area contributed by atoms with Crippen molar-refractivity contribution in [1.29, 1.82) is 0 Å². The van der Waals surface area contributed by atoms with Crippen LogP contribution in [-0.4, -0.2) is 36.2 Å². The van der Waals surface area contributed by atoms with Crippen LogP contribution in [0.1, 0.15) is 35.8 Å². The summed E-state index contributed by atoms with van der Waals surface area (Å²) >= 11 is 0. The highest BCUT2D eigenvalue weighted by Crippen LogP contribution is 2.32. The van der Waals surface area contributed by atoms with E-state index >= 15 is 0 Å². The number of carbonyl (C=O) groups excluding carboxylic acids is 1. The van der Waals surface area contributed by atoms with Crippen LogP contribution >= 0.6 is 0 Å². The molecule has 0 fully saturated rings. The van der Waals surface area contributed by atoms with Crippen LogP contribution in [0, 0.1) is 0 Å². The van der Waals surface area contributed by atoms with Crippen LogP contribution in [0.3, 0.4) is 0 Å². The highest BCUT2D eigenvalue weighted by atomic mass is 16.7. The second kappa shape index (κ2) is 7.88. The Bertz CT molecular complexity index is 731. The lowest BCUT2D eigenvalue weighted by Crippen LogP contribution is -2.28. The molecule has 1 aliphatic heterocycles. The molecule has 0 aliphatic carbocycles. The number of nitrogens with one attached hydrogen (secondary N) is 1. The number of carbonyl (C=O) groups is 1. The number of hydrogen-bond donors (Lipinski definition) is 1. The molecule has 2 heterocycles. The number of ether oxygens (including phenoxy) is 2. The summed E-state index contributed by atoms with van der Waals surface area (Å²) in [6.45, 7) is 3.78. The fourth-order valence-corrected chi connectivity index (χ4v) is 2.57. The van der Waals surface area contributed by atoms with Gasteiger partial charge >= 0.3 is 0 Å². The van der Waals surface area contributed by atoms with Crippen molar-refractivity contribution in [2.45, 2.75) is 26.3 Å². The number of pyridine rings is 1. The average Bonchev–Trinajstić information content (AvgIpc) is 3.12. The summed E-state index contributed by atoms with van der Waals surface area (Å²) in [6, 6.07) is 9.50. The Morgan fingerprint density at radius 3 is 2.84 bits per heavy atom. The second-order valence-corrected chi connectivity index (χ2v) is 6.05. The molecule has 6 heteroatoms. The van der Waals surface area contributed by atoms with E-state index in [9.17, 15) is 4.79 Å². The summed E-state index contributed by atoms with van der Waals surface area (Å²) in [4.78, 5) is 18.3. The minimum atomic E-state index is -0.0456. The molecule has 0 saturated heterocycles. The number of unbranched alkanes of at least 4 members (excludes halogenated alkanes) is 1. The van der Waals surface area contributed by atoms with Crippen molar-refractivity contribution in [3.05, 3.63) is 47.8 Å². The zero-order chi connectivity index (χ0) is 17.6. The first-order valence-corrected chi connectivity index (χ1v) is 8.51. The smallest absolute Gasteiger partial charge is 0.272 e. The Hall–Kier alpha value is -2.76. The van der Waals surface area contributed by atoms with Crippen molar-refractivity contribution < 1.29 is 14.3 Å². The molecule has 132 valence electrons. The van der Waals surface area contributed by atoms with Crippen molar-refractivity contribution in [2.24, 2.45) is 0 Å². The molecule has 1 aromatic carbocycles. The van der Waals surface area contributed by atoms with Gasteiger partial charge in [-0.25, -0.2) is 4.98 Å². The highest BCUT2D eigenvalue weighted by Gasteiger charge is 2.14. The normalized spacial score (nSPS) is 12.1. The second-order valence-electron chi connectivity index (χ2n) is 6.05. The van der Waals surface area contributed by atoms with Crippen LogP contribution < -0.4 is 14.8 Å². The summed E-state index contributed by atoms with van der Waals surface area (Å²) in [5.74, 6) is 1.50. The predicted octanol–water partition coefficient (Wildman–Crippen LogP) is 3.29. The van der Waals surface area contributed by atoms with Gasteiger partial charge in [-0.2, -0.15) is 0 Å². The van der Waals surface area contributed by atoms with Gasteiger partial charge in [0.05, 0.1) is 11.9 Å². The Labute approximate surface area is 147 Å². The molecule has 1 N–H and O–H groups in total. The predicted molar refractivity (Wildman–Crippen MR) is 96.0 cm³/mol. The number of amides is 1. The minimum Gasteiger partial charge on any atom is -0.454 e. The fraction of sp³-hybridized carbons (Fsp3) is 0.368. The molecule has 25 heavy (non-hydrogen) atoms. The summed E-state index contributed by atoms with van der Waals surface area (Å²) in [5.41, 5.74) is 2.42. The zero-order valence-corrected chi connectivity index (χ0v) is 14.6. The van der Waals surface area contributed by atoms with Crippen LogP contribution in [0.15, 0.2) is 36.5 Å². The first kappa shape index (κ1) is 17.1. The topological polar surface area (TPSA) is 63.7 Å². The number of fused-ring (bicyclic) bond motifs is 1. The Morgan fingerprint density at radius 2 is 2.08 bits per heavy atom. The van der Waals surface area contributed by atoms with Gasteiger partial charge in [0.15, 0.2) is 11.5 Å². The quantitative estimate of drug-likeness (QED) is 0.837. The van der Waals surface area contributed by atoms with Crippen LogP contribution in [0.4, 0.5) is 5.69 Å². The number of benzene rings is 1. The van der Waals surface area contributed by atoms with Crippen molar-refractivity contribution in [1.82, 2.24) is 9.88 Å². The zero-order valence-electron chi connectivity index (χ0n) is 14.6. The van der Waals surface area contributed by atoms with Gasteiger partial charge in [-0.05, 0) is 36.2 Å². The summed E-state index contributed by atoms with van der Waals surface area (Å²) in [6.07, 6.45) is 3.75. The highest BCUT2D eigenvalue weighted by molar-refractivity contribution is 5.92. The molecule has 2 aromatic rings. The third-order valence-corrected chi connectivity index (χ3v) is 4.11. The van der Waals surface area contributed by atoms with Gasteiger partial charge in [-0.1, -0.05) is 19.4 Å². The van der Waals surface area contributed by atoms with Gasteiger partial charge in [0.25, 0.3) is 5.91 Å². The lowest BCUT2D eigenvalue weighted by atomic mass is 10.2. The Morgan fingerprint density at radius 1 is 1.24 bits per heavy atom. The minimum absolute atomic E-state index is 0.0456. The van der Waals surface area contributed by atoms with Gasteiger partial charge in [-0.15, -0.1) is 0 Å². The number of anilines is 1. The molecule has 0 unspecified atom stereocenters. The molecule has 1 aromatic heterocycles. The van der Waals surface area contributed by atoms with Crippen molar-refractivity contribution in [3.8, 4) is 11.5 Å². The molecule has 0 spiro atoms. The summed E-state index contributed by atoms with van der Waals surface area (Å²) in [5, 5.41) is 3.30. The summed E-state index contributed by atoms with van der Waals surface area (Å²) in [7, 11) is 1.81. The largest absolute Gasteiger partial charge is 0.454 e. The SMILES string of the molecule is CCCCN(C)C(=O)c1ccc(NCc2ccc3c(c2)OCO3)cn1. The lowest BCUT2D eigenvalue weighted by molar-refractivity contribution is 0.0787. The number of rotatable bonds is 7. The van der Waals surface area contributed by atoms with E-state index < -0.39 is 0 Å². The van der Waals surface area contributed by atoms with E-state index in [1.807, 2.05) is 31.3 Å². The van der Waals surface area contributed by atoms with Gasteiger partial charge in [-0.3, -0.25) is 4.79 Å². The number of aromatic nitrogens is 1. The standard InChI is InChI=1S/C19H23N3O3/c1-3-4-9-22(2)19(23)16-7-6-15(12-21-16)20-11-14-5-8-17-18(10-14)25-13-24-17/h5-8,10,12,20H,3-4,9,11,13H2,1-2H3. The van der Waals surface area contributed by atoms with Crippen molar-refractivity contribution >= 4 is 11.6 Å². The number of nitrogens with zero attached hydrogens (tertiary/aromatic N) is 2. The fourth-order valence-electron chi connectivity index (χ4n) is 2.57. The Kier molecular flexibility index (Phi) is 5.38. The van der Waals surface area contributed by atoms with Crippen LogP contribution in [0.2, 0.25) is 0 Å². The van der Waals surface area contributed by atoms with E-state index in [4.69, 9.17) is 9.47 Å². The molecular formula is C19H23N3O3. The molecule has 0 atom stereocenters. The van der Waals surface area contributed by atoms with Gasteiger partial charge in [0, 0.05) is 20.1 Å². The van der Waals surface area contributed by atoms with E-state index in [1.54, 1.807) is 17.2 Å². The third-order valence-electron chi connectivity index (χ3n) is 4.11. The molecule has 1 amide bonds.